The first-order valence-electron chi connectivity index (χ1n) is 3.56. The van der Waals surface area contributed by atoms with Gasteiger partial charge in [0.05, 0.1) is 6.61 Å². The fourth-order valence-electron chi connectivity index (χ4n) is 1.08. The summed E-state index contributed by atoms with van der Waals surface area (Å²) in [6.45, 7) is -0.526. The van der Waals surface area contributed by atoms with Crippen LogP contribution in [-0.2, 0) is 4.74 Å². The van der Waals surface area contributed by atoms with Gasteiger partial charge >= 0.3 is 29.6 Å². The van der Waals surface area contributed by atoms with Crippen molar-refractivity contribution in [1.82, 2.24) is 0 Å². The van der Waals surface area contributed by atoms with Gasteiger partial charge < -0.3 is 30.3 Å². The van der Waals surface area contributed by atoms with E-state index in [4.69, 9.17) is 25.5 Å². The quantitative estimate of drug-likeness (QED) is 0.279. The Kier molecular flexibility index (Phi) is 5.92. The molecule has 1 aliphatic rings. The molecule has 0 aromatic rings. The fraction of sp³-hybridized carbons (Fsp3) is 1.00. The fourth-order valence-corrected chi connectivity index (χ4v) is 1.08. The summed E-state index contributed by atoms with van der Waals surface area (Å²) < 4.78 is 4.58. The topological polar surface area (TPSA) is 110 Å². The molecule has 0 amide bonds. The van der Waals surface area contributed by atoms with Crippen molar-refractivity contribution in [2.24, 2.45) is 0 Å². The molecule has 7 heteroatoms. The second-order valence-corrected chi connectivity index (χ2v) is 2.72. The summed E-state index contributed by atoms with van der Waals surface area (Å²) in [5, 5.41) is 44.7. The van der Waals surface area contributed by atoms with Gasteiger partial charge in [-0.3, -0.25) is 0 Å². The maximum absolute atomic E-state index is 9.12. The Labute approximate surface area is 97.1 Å². The molecule has 13 heavy (non-hydrogen) atoms. The van der Waals surface area contributed by atoms with Crippen molar-refractivity contribution in [2.75, 3.05) is 6.61 Å². The van der Waals surface area contributed by atoms with E-state index in [2.05, 4.69) is 4.74 Å². The molecule has 0 bridgehead atoms. The van der Waals surface area contributed by atoms with E-state index in [0.717, 1.165) is 0 Å². The average molecular weight is 204 g/mol. The summed E-state index contributed by atoms with van der Waals surface area (Å²) >= 11 is 0. The van der Waals surface area contributed by atoms with E-state index in [1.54, 1.807) is 0 Å². The molecule has 5 atom stereocenters. The van der Waals surface area contributed by atoms with E-state index in [0.29, 0.717) is 0 Å². The molecule has 1 aliphatic heterocycles. The third kappa shape index (κ3) is 2.85. The van der Waals surface area contributed by atoms with Gasteiger partial charge in [-0.25, -0.2) is 0 Å². The Morgan fingerprint density at radius 2 is 1.46 bits per heavy atom. The number of rotatable bonds is 1. The maximum atomic E-state index is 9.12. The van der Waals surface area contributed by atoms with Gasteiger partial charge in [-0.2, -0.15) is 0 Å². The van der Waals surface area contributed by atoms with Gasteiger partial charge in [0.15, 0.2) is 6.29 Å². The second kappa shape index (κ2) is 5.59. The van der Waals surface area contributed by atoms with Gasteiger partial charge in [0.2, 0.25) is 0 Å². The summed E-state index contributed by atoms with van der Waals surface area (Å²) in [5.74, 6) is 0. The third-order valence-electron chi connectivity index (χ3n) is 1.87. The molecule has 0 saturated carbocycles. The number of hydrogen-bond acceptors (Lipinski definition) is 6. The molecule has 0 aliphatic carbocycles. The first-order chi connectivity index (χ1) is 5.57. The zero-order valence-corrected chi connectivity index (χ0v) is 6.24. The van der Waals surface area contributed by atoms with Crippen molar-refractivity contribution in [2.45, 2.75) is 30.7 Å². The molecule has 1 fully saturated rings. The zero-order valence-electron chi connectivity index (χ0n) is 6.24. The second-order valence-electron chi connectivity index (χ2n) is 2.72. The molecule has 0 radical (unpaired) electrons. The molecular weight excluding hydrogens is 191 g/mol. The van der Waals surface area contributed by atoms with Gasteiger partial charge in [-0.15, -0.1) is 0 Å². The Hall–Kier alpha value is 0.760. The van der Waals surface area contributed by atoms with E-state index in [1.165, 1.54) is 0 Å². The summed E-state index contributed by atoms with van der Waals surface area (Å²) in [6.07, 6.45) is -7.04. The van der Waals surface area contributed by atoms with Crippen molar-refractivity contribution >= 4 is 29.6 Å². The van der Waals surface area contributed by atoms with E-state index >= 15 is 0 Å². The van der Waals surface area contributed by atoms with Crippen LogP contribution in [0.3, 0.4) is 0 Å². The zero-order chi connectivity index (χ0) is 9.30. The first-order valence-corrected chi connectivity index (χ1v) is 3.56. The number of aliphatic hydroxyl groups is 5. The molecule has 0 aromatic heterocycles. The molecule has 0 spiro atoms. The molecule has 1 rings (SSSR count). The van der Waals surface area contributed by atoms with Crippen LogP contribution >= 0.6 is 0 Å². The minimum atomic E-state index is -1.57. The van der Waals surface area contributed by atoms with Crippen LogP contribution < -0.4 is 0 Å². The van der Waals surface area contributed by atoms with Crippen LogP contribution in [0.25, 0.3) is 0 Å². The van der Waals surface area contributed by atoms with Crippen molar-refractivity contribution < 1.29 is 30.3 Å². The van der Waals surface area contributed by atoms with Gasteiger partial charge in [-0.1, -0.05) is 0 Å². The molecule has 0 aromatic carbocycles. The summed E-state index contributed by atoms with van der Waals surface area (Å²) in [6, 6.07) is 0. The average Bonchev–Trinajstić information content (AvgIpc) is 2.08. The van der Waals surface area contributed by atoms with Crippen molar-refractivity contribution in [3.8, 4) is 0 Å². The summed E-state index contributed by atoms with van der Waals surface area (Å²) in [5.41, 5.74) is 0. The molecule has 74 valence electrons. The number of ether oxygens (including phenoxy) is 1. The van der Waals surface area contributed by atoms with Crippen LogP contribution in [0.4, 0.5) is 0 Å². The molecule has 5 N–H and O–H groups in total. The normalized spacial score (nSPS) is 45.5. The number of hydrogen-bond donors (Lipinski definition) is 5. The Balaban J connectivity index is 0.00000144. The Bertz CT molecular complexity index is 151. The van der Waals surface area contributed by atoms with E-state index in [9.17, 15) is 0 Å². The monoisotopic (exact) mass is 204 g/mol. The minimum absolute atomic E-state index is 0. The molecule has 0 unspecified atom stereocenters. The van der Waals surface area contributed by atoms with Crippen LogP contribution in [0.5, 0.6) is 0 Å². The third-order valence-corrected chi connectivity index (χ3v) is 1.87. The SMILES string of the molecule is OC[C@H]1O[C@H](O)[C@H](O)[C@@H](O)[C@H]1O.[NaH]. The van der Waals surface area contributed by atoms with Crippen LogP contribution in [0.1, 0.15) is 0 Å². The van der Waals surface area contributed by atoms with Crippen molar-refractivity contribution in [3.05, 3.63) is 0 Å². The van der Waals surface area contributed by atoms with E-state index < -0.39 is 37.3 Å². The van der Waals surface area contributed by atoms with Gasteiger partial charge in [0, 0.05) is 0 Å². The van der Waals surface area contributed by atoms with E-state index in [1.807, 2.05) is 0 Å². The van der Waals surface area contributed by atoms with Gasteiger partial charge in [-0.05, 0) is 0 Å². The van der Waals surface area contributed by atoms with Gasteiger partial charge in [0.1, 0.15) is 24.4 Å². The predicted molar refractivity (Wildman–Crippen MR) is 43.1 cm³/mol. The van der Waals surface area contributed by atoms with E-state index in [-0.39, 0.29) is 29.6 Å². The Morgan fingerprint density at radius 3 is 1.92 bits per heavy atom. The molecular formula is C6H13NaO6. The van der Waals surface area contributed by atoms with Gasteiger partial charge in [0.25, 0.3) is 0 Å². The van der Waals surface area contributed by atoms with Crippen molar-refractivity contribution in [3.63, 3.8) is 0 Å². The molecule has 1 heterocycles. The Morgan fingerprint density at radius 1 is 0.923 bits per heavy atom. The van der Waals surface area contributed by atoms with Crippen LogP contribution in [0, 0.1) is 0 Å². The van der Waals surface area contributed by atoms with Crippen LogP contribution in [-0.4, -0.2) is 92.4 Å². The molecule has 1 saturated heterocycles. The summed E-state index contributed by atoms with van der Waals surface area (Å²) in [4.78, 5) is 0. The standard InChI is InChI=1S/C6H12O6.Na.H/c7-1-2-3(8)4(9)5(10)6(11)12-2;;/h2-11H,1H2;;/t2-,3+,4+,5-,6+;;/m1../s1. The summed E-state index contributed by atoms with van der Waals surface area (Å²) in [7, 11) is 0. The molecule has 6 nitrogen and oxygen atoms in total. The predicted octanol–water partition coefficient (Wildman–Crippen LogP) is -3.87. The van der Waals surface area contributed by atoms with Crippen LogP contribution in [0.2, 0.25) is 0 Å². The first kappa shape index (κ1) is 13.8. The van der Waals surface area contributed by atoms with Crippen LogP contribution in [0.15, 0.2) is 0 Å². The number of aliphatic hydroxyl groups excluding tert-OH is 5. The van der Waals surface area contributed by atoms with Crippen molar-refractivity contribution in [1.29, 1.82) is 0 Å².